The molecule has 2 unspecified atom stereocenters. The van der Waals surface area contributed by atoms with E-state index in [1.54, 1.807) is 0 Å². The Kier molecular flexibility index (Phi) is 4.07. The van der Waals surface area contributed by atoms with Gasteiger partial charge in [0, 0.05) is 11.5 Å². The Morgan fingerprint density at radius 1 is 1.00 bits per heavy atom. The fourth-order valence-electron chi connectivity index (χ4n) is 4.83. The van der Waals surface area contributed by atoms with E-state index in [4.69, 9.17) is 9.26 Å². The van der Waals surface area contributed by atoms with E-state index in [2.05, 4.69) is 5.16 Å². The highest BCUT2D eigenvalue weighted by Gasteiger charge is 2.37. The van der Waals surface area contributed by atoms with E-state index in [0.717, 1.165) is 48.8 Å². The lowest BCUT2D eigenvalue weighted by Crippen LogP contribution is -2.23. The standard InChI is InChI=1S/C21H23F2NO2/c22-17-2-1-3-18(23)19(17)20-16(21(26-24-20)14-6-7-14)11-25-15-9-12-4-5-13(8-12)10-15/h1-3,12-15H,4-11H2/t12-,13?,15?/m1/s1. The van der Waals surface area contributed by atoms with Crippen LogP contribution in [-0.4, -0.2) is 11.3 Å². The normalized spacial score (nSPS) is 27.8. The smallest absolute Gasteiger partial charge is 0.145 e. The Balaban J connectivity index is 1.42. The quantitative estimate of drug-likeness (QED) is 0.698. The number of aromatic nitrogens is 1. The highest BCUT2D eigenvalue weighted by atomic mass is 19.1. The van der Waals surface area contributed by atoms with Gasteiger partial charge in [-0.15, -0.1) is 0 Å². The minimum absolute atomic E-state index is 0.106. The van der Waals surface area contributed by atoms with Crippen LogP contribution in [0, 0.1) is 23.5 Å². The molecule has 1 heterocycles. The van der Waals surface area contributed by atoms with E-state index in [1.807, 2.05) is 0 Å². The van der Waals surface area contributed by atoms with Crippen molar-refractivity contribution >= 4 is 0 Å². The van der Waals surface area contributed by atoms with Crippen molar-refractivity contribution < 1.29 is 18.0 Å². The average molecular weight is 359 g/mol. The molecule has 0 radical (unpaired) electrons. The van der Waals surface area contributed by atoms with Gasteiger partial charge in [0.1, 0.15) is 23.1 Å². The van der Waals surface area contributed by atoms with E-state index in [1.165, 1.54) is 37.5 Å². The van der Waals surface area contributed by atoms with Crippen molar-refractivity contribution in [1.29, 1.82) is 0 Å². The van der Waals surface area contributed by atoms with Gasteiger partial charge in [-0.25, -0.2) is 8.78 Å². The molecule has 0 N–H and O–H groups in total. The van der Waals surface area contributed by atoms with Crippen molar-refractivity contribution in [2.45, 2.75) is 63.6 Å². The van der Waals surface area contributed by atoms with Crippen molar-refractivity contribution in [1.82, 2.24) is 5.16 Å². The molecule has 0 aliphatic heterocycles. The molecule has 5 heteroatoms. The lowest BCUT2D eigenvalue weighted by atomic mass is 9.87. The number of hydrogen-bond donors (Lipinski definition) is 0. The molecule has 1 aromatic heterocycles. The summed E-state index contributed by atoms with van der Waals surface area (Å²) in [5.74, 6) is 1.41. The van der Waals surface area contributed by atoms with Gasteiger partial charge in [-0.1, -0.05) is 24.1 Å². The summed E-state index contributed by atoms with van der Waals surface area (Å²) in [6.07, 6.45) is 8.49. The van der Waals surface area contributed by atoms with Crippen LogP contribution in [0.5, 0.6) is 0 Å². The zero-order valence-electron chi connectivity index (χ0n) is 14.7. The molecule has 1 aromatic carbocycles. The molecule has 3 aliphatic rings. The van der Waals surface area contributed by atoms with Crippen LogP contribution in [0.1, 0.15) is 62.2 Å². The molecule has 3 aliphatic carbocycles. The third-order valence-corrected chi connectivity index (χ3v) is 6.27. The Morgan fingerprint density at radius 2 is 1.69 bits per heavy atom. The van der Waals surface area contributed by atoms with Gasteiger partial charge in [-0.2, -0.15) is 0 Å². The summed E-state index contributed by atoms with van der Waals surface area (Å²) in [4.78, 5) is 0. The van der Waals surface area contributed by atoms with E-state index in [0.29, 0.717) is 12.5 Å². The van der Waals surface area contributed by atoms with Gasteiger partial charge in [-0.05, 0) is 56.1 Å². The SMILES string of the molecule is Fc1cccc(F)c1-c1noc(C2CC2)c1COC1CC2CC[C@H](C2)C1. The molecule has 3 saturated carbocycles. The van der Waals surface area contributed by atoms with Crippen molar-refractivity contribution in [2.24, 2.45) is 11.8 Å². The van der Waals surface area contributed by atoms with Crippen LogP contribution < -0.4 is 0 Å². The number of fused-ring (bicyclic) bond motifs is 2. The Hall–Kier alpha value is -1.75. The minimum atomic E-state index is -0.613. The second-order valence-electron chi connectivity index (χ2n) is 8.19. The number of hydrogen-bond acceptors (Lipinski definition) is 3. The van der Waals surface area contributed by atoms with Gasteiger partial charge in [0.05, 0.1) is 18.3 Å². The van der Waals surface area contributed by atoms with E-state index in [9.17, 15) is 8.78 Å². The van der Waals surface area contributed by atoms with Gasteiger partial charge in [-0.3, -0.25) is 0 Å². The Labute approximate surface area is 151 Å². The van der Waals surface area contributed by atoms with E-state index in [-0.39, 0.29) is 17.4 Å². The summed E-state index contributed by atoms with van der Waals surface area (Å²) in [6.45, 7) is 0.322. The van der Waals surface area contributed by atoms with Gasteiger partial charge in [0.15, 0.2) is 0 Å². The predicted molar refractivity (Wildman–Crippen MR) is 92.5 cm³/mol. The molecule has 0 spiro atoms. The zero-order valence-corrected chi connectivity index (χ0v) is 14.7. The summed E-state index contributed by atoms with van der Waals surface area (Å²) < 4.78 is 40.3. The van der Waals surface area contributed by atoms with Crippen LogP contribution in [0.3, 0.4) is 0 Å². The first-order valence-electron chi connectivity index (χ1n) is 9.73. The Morgan fingerprint density at radius 3 is 2.35 bits per heavy atom. The summed E-state index contributed by atoms with van der Waals surface area (Å²) >= 11 is 0. The van der Waals surface area contributed by atoms with Crippen molar-refractivity contribution in [3.05, 3.63) is 41.2 Å². The van der Waals surface area contributed by atoms with Crippen LogP contribution in [0.4, 0.5) is 8.78 Å². The molecule has 2 aromatic rings. The fourth-order valence-corrected chi connectivity index (χ4v) is 4.83. The maximum Gasteiger partial charge on any atom is 0.145 e. The first-order valence-corrected chi connectivity index (χ1v) is 9.73. The number of halogens is 2. The highest BCUT2D eigenvalue weighted by Crippen LogP contribution is 2.46. The number of rotatable bonds is 5. The summed E-state index contributed by atoms with van der Waals surface area (Å²) in [7, 11) is 0. The van der Waals surface area contributed by atoms with E-state index >= 15 is 0 Å². The Bertz CT molecular complexity index is 782. The van der Waals surface area contributed by atoms with Crippen LogP contribution in [-0.2, 0) is 11.3 Å². The molecule has 5 rings (SSSR count). The van der Waals surface area contributed by atoms with Crippen LogP contribution in [0.2, 0.25) is 0 Å². The molecule has 3 fully saturated rings. The minimum Gasteiger partial charge on any atom is -0.373 e. The monoisotopic (exact) mass is 359 g/mol. The third kappa shape index (κ3) is 2.96. The predicted octanol–water partition coefficient (Wildman–Crippen LogP) is 5.59. The zero-order chi connectivity index (χ0) is 17.7. The van der Waals surface area contributed by atoms with Crippen molar-refractivity contribution in [3.63, 3.8) is 0 Å². The van der Waals surface area contributed by atoms with Crippen LogP contribution in [0.25, 0.3) is 11.3 Å². The molecule has 3 nitrogen and oxygen atoms in total. The van der Waals surface area contributed by atoms with Crippen molar-refractivity contribution in [3.8, 4) is 11.3 Å². The number of benzene rings is 1. The maximum absolute atomic E-state index is 14.3. The molecule has 138 valence electrons. The summed E-state index contributed by atoms with van der Waals surface area (Å²) in [5.41, 5.74) is 0.890. The lowest BCUT2D eigenvalue weighted by molar-refractivity contribution is -0.00127. The van der Waals surface area contributed by atoms with Gasteiger partial charge < -0.3 is 9.26 Å². The van der Waals surface area contributed by atoms with Gasteiger partial charge >= 0.3 is 0 Å². The van der Waals surface area contributed by atoms with E-state index < -0.39 is 11.6 Å². The molecular formula is C21H23F2NO2. The van der Waals surface area contributed by atoms with Crippen molar-refractivity contribution in [2.75, 3.05) is 0 Å². The average Bonchev–Trinajstić information content (AvgIpc) is 3.30. The van der Waals surface area contributed by atoms with Gasteiger partial charge in [0.25, 0.3) is 0 Å². The largest absolute Gasteiger partial charge is 0.373 e. The first kappa shape index (κ1) is 16.4. The highest BCUT2D eigenvalue weighted by molar-refractivity contribution is 5.65. The first-order chi connectivity index (χ1) is 12.7. The molecule has 0 amide bonds. The summed E-state index contributed by atoms with van der Waals surface area (Å²) in [5, 5.41) is 4.04. The lowest BCUT2D eigenvalue weighted by Gasteiger charge is -2.27. The third-order valence-electron chi connectivity index (χ3n) is 6.27. The molecule has 3 atom stereocenters. The maximum atomic E-state index is 14.3. The second-order valence-corrected chi connectivity index (χ2v) is 8.19. The summed E-state index contributed by atoms with van der Waals surface area (Å²) in [6, 6.07) is 3.88. The molecule has 0 saturated heterocycles. The number of nitrogens with zero attached hydrogens (tertiary/aromatic N) is 1. The fraction of sp³-hybridized carbons (Fsp3) is 0.571. The van der Waals surface area contributed by atoms with Crippen LogP contribution in [0.15, 0.2) is 22.7 Å². The molecular weight excluding hydrogens is 336 g/mol. The molecule has 2 bridgehead atoms. The van der Waals surface area contributed by atoms with Gasteiger partial charge in [0.2, 0.25) is 0 Å². The molecule has 26 heavy (non-hydrogen) atoms. The topological polar surface area (TPSA) is 35.3 Å². The van der Waals surface area contributed by atoms with Crippen LogP contribution >= 0.6 is 0 Å². The second kappa shape index (κ2) is 6.45. The number of ether oxygens (including phenoxy) is 1.